The van der Waals surface area contributed by atoms with E-state index in [0.29, 0.717) is 12.8 Å². The number of aryl methyl sites for hydroxylation is 2. The van der Waals surface area contributed by atoms with E-state index < -0.39 is 0 Å². The first kappa shape index (κ1) is 14.8. The summed E-state index contributed by atoms with van der Waals surface area (Å²) in [5, 5.41) is 3.95. The van der Waals surface area contributed by atoms with E-state index in [4.69, 9.17) is 4.52 Å². The smallest absolute Gasteiger partial charge is 0.223 e. The van der Waals surface area contributed by atoms with Crippen molar-refractivity contribution in [1.82, 2.24) is 10.1 Å². The highest BCUT2D eigenvalue weighted by atomic mass is 16.5. The van der Waals surface area contributed by atoms with E-state index in [0.717, 1.165) is 36.4 Å². The van der Waals surface area contributed by atoms with Gasteiger partial charge in [-0.1, -0.05) is 35.5 Å². The second-order valence-electron chi connectivity index (χ2n) is 5.96. The maximum absolute atomic E-state index is 12.6. The molecule has 4 nitrogen and oxygen atoms in total. The van der Waals surface area contributed by atoms with E-state index in [-0.39, 0.29) is 11.9 Å². The van der Waals surface area contributed by atoms with Crippen LogP contribution in [0.3, 0.4) is 0 Å². The van der Waals surface area contributed by atoms with Crippen LogP contribution in [0.25, 0.3) is 0 Å². The number of carbonyl (C=O) groups is 1. The van der Waals surface area contributed by atoms with Crippen LogP contribution in [-0.2, 0) is 11.2 Å². The molecule has 1 atom stereocenters. The van der Waals surface area contributed by atoms with Gasteiger partial charge < -0.3 is 9.42 Å². The Labute approximate surface area is 131 Å². The van der Waals surface area contributed by atoms with E-state index in [1.807, 2.05) is 36.9 Å². The molecule has 4 heteroatoms. The summed E-state index contributed by atoms with van der Waals surface area (Å²) < 4.78 is 5.17. The maximum atomic E-state index is 12.6. The number of aromatic nitrogens is 1. The van der Waals surface area contributed by atoms with Crippen LogP contribution >= 0.6 is 0 Å². The Morgan fingerprint density at radius 2 is 2.09 bits per heavy atom. The number of benzene rings is 1. The van der Waals surface area contributed by atoms with Crippen LogP contribution in [0.5, 0.6) is 0 Å². The third-order valence-electron chi connectivity index (χ3n) is 4.53. The Morgan fingerprint density at radius 3 is 2.77 bits per heavy atom. The van der Waals surface area contributed by atoms with Crippen LogP contribution in [0.2, 0.25) is 0 Å². The third-order valence-corrected chi connectivity index (χ3v) is 4.53. The van der Waals surface area contributed by atoms with Crippen molar-refractivity contribution in [2.75, 3.05) is 6.54 Å². The Balaban J connectivity index is 1.67. The molecule has 1 saturated heterocycles. The molecule has 0 saturated carbocycles. The molecule has 2 aromatic rings. The van der Waals surface area contributed by atoms with Crippen molar-refractivity contribution < 1.29 is 9.32 Å². The number of hydrogen-bond donors (Lipinski definition) is 0. The molecule has 0 N–H and O–H groups in total. The lowest BCUT2D eigenvalue weighted by Gasteiger charge is -2.25. The molecule has 0 bridgehead atoms. The zero-order valence-electron chi connectivity index (χ0n) is 13.2. The van der Waals surface area contributed by atoms with Gasteiger partial charge in [-0.15, -0.1) is 0 Å². The summed E-state index contributed by atoms with van der Waals surface area (Å²) >= 11 is 0. The molecule has 1 aromatic carbocycles. The normalized spacial score (nSPS) is 17.9. The van der Waals surface area contributed by atoms with Gasteiger partial charge in [-0.25, -0.2) is 0 Å². The molecular weight excluding hydrogens is 276 g/mol. The van der Waals surface area contributed by atoms with Gasteiger partial charge in [0.05, 0.1) is 11.7 Å². The standard InChI is InChI=1S/C18H22N2O2/c1-13-16(14(2)22-19-13)10-11-18(21)20-12-6-9-17(20)15-7-4-3-5-8-15/h3-5,7-8,17H,6,9-12H2,1-2H3/t17-/m0/s1. The fraction of sp³-hybridized carbons (Fsp3) is 0.444. The molecule has 3 rings (SSSR count). The lowest BCUT2D eigenvalue weighted by Crippen LogP contribution is -2.30. The highest BCUT2D eigenvalue weighted by molar-refractivity contribution is 5.77. The molecule has 116 valence electrons. The second-order valence-corrected chi connectivity index (χ2v) is 5.96. The number of hydrogen-bond acceptors (Lipinski definition) is 3. The monoisotopic (exact) mass is 298 g/mol. The Hall–Kier alpha value is -2.10. The molecule has 1 amide bonds. The van der Waals surface area contributed by atoms with Crippen molar-refractivity contribution in [3.8, 4) is 0 Å². The molecule has 22 heavy (non-hydrogen) atoms. The van der Waals surface area contributed by atoms with Crippen LogP contribution in [0.4, 0.5) is 0 Å². The quantitative estimate of drug-likeness (QED) is 0.866. The van der Waals surface area contributed by atoms with Gasteiger partial charge in [0, 0.05) is 18.5 Å². The number of likely N-dealkylation sites (tertiary alicyclic amines) is 1. The second kappa shape index (κ2) is 6.34. The average Bonchev–Trinajstić information content (AvgIpc) is 3.14. The van der Waals surface area contributed by atoms with Gasteiger partial charge in [-0.3, -0.25) is 4.79 Å². The molecule has 2 heterocycles. The van der Waals surface area contributed by atoms with Gasteiger partial charge in [0.15, 0.2) is 0 Å². The van der Waals surface area contributed by atoms with Gasteiger partial charge in [-0.05, 0) is 38.7 Å². The predicted octanol–water partition coefficient (Wildman–Crippen LogP) is 3.59. The first-order valence-corrected chi connectivity index (χ1v) is 7.93. The van der Waals surface area contributed by atoms with Gasteiger partial charge in [0.2, 0.25) is 5.91 Å². The number of carbonyl (C=O) groups excluding carboxylic acids is 1. The summed E-state index contributed by atoms with van der Waals surface area (Å²) in [7, 11) is 0. The lowest BCUT2D eigenvalue weighted by molar-refractivity contribution is -0.132. The number of amides is 1. The molecule has 1 fully saturated rings. The highest BCUT2D eigenvalue weighted by Crippen LogP contribution is 2.32. The summed E-state index contributed by atoms with van der Waals surface area (Å²) in [6, 6.07) is 10.6. The van der Waals surface area contributed by atoms with E-state index >= 15 is 0 Å². The van der Waals surface area contributed by atoms with Gasteiger partial charge in [-0.2, -0.15) is 0 Å². The largest absolute Gasteiger partial charge is 0.361 e. The van der Waals surface area contributed by atoms with Crippen LogP contribution in [0, 0.1) is 13.8 Å². The SMILES string of the molecule is Cc1noc(C)c1CCC(=O)N1CCC[C@H]1c1ccccc1. The summed E-state index contributed by atoms with van der Waals surface area (Å²) in [6.07, 6.45) is 3.36. The van der Waals surface area contributed by atoms with Crippen LogP contribution < -0.4 is 0 Å². The maximum Gasteiger partial charge on any atom is 0.223 e. The minimum Gasteiger partial charge on any atom is -0.361 e. The predicted molar refractivity (Wildman–Crippen MR) is 84.4 cm³/mol. The number of rotatable bonds is 4. The van der Waals surface area contributed by atoms with Gasteiger partial charge in [0.1, 0.15) is 5.76 Å². The molecule has 0 aliphatic carbocycles. The minimum atomic E-state index is 0.228. The van der Waals surface area contributed by atoms with Crippen molar-refractivity contribution in [1.29, 1.82) is 0 Å². The van der Waals surface area contributed by atoms with Crippen molar-refractivity contribution in [2.45, 2.75) is 45.6 Å². The zero-order chi connectivity index (χ0) is 15.5. The van der Waals surface area contributed by atoms with Crippen molar-refractivity contribution in [3.63, 3.8) is 0 Å². The summed E-state index contributed by atoms with van der Waals surface area (Å²) in [4.78, 5) is 14.7. The van der Waals surface area contributed by atoms with Crippen molar-refractivity contribution in [3.05, 3.63) is 52.9 Å². The molecule has 0 unspecified atom stereocenters. The molecule has 1 aliphatic heterocycles. The molecule has 0 spiro atoms. The third kappa shape index (κ3) is 2.91. The van der Waals surface area contributed by atoms with Crippen LogP contribution in [0.15, 0.2) is 34.9 Å². The Bertz CT molecular complexity index is 629. The average molecular weight is 298 g/mol. The molecule has 1 aromatic heterocycles. The first-order valence-electron chi connectivity index (χ1n) is 7.93. The first-order chi connectivity index (χ1) is 10.7. The van der Waals surface area contributed by atoms with Crippen molar-refractivity contribution in [2.24, 2.45) is 0 Å². The lowest BCUT2D eigenvalue weighted by atomic mass is 10.0. The summed E-state index contributed by atoms with van der Waals surface area (Å²) in [5.41, 5.74) is 3.21. The molecule has 0 radical (unpaired) electrons. The number of nitrogens with zero attached hydrogens (tertiary/aromatic N) is 2. The topological polar surface area (TPSA) is 46.3 Å². The van der Waals surface area contributed by atoms with E-state index in [9.17, 15) is 4.79 Å². The molecule has 1 aliphatic rings. The zero-order valence-corrected chi connectivity index (χ0v) is 13.2. The van der Waals surface area contributed by atoms with Crippen molar-refractivity contribution >= 4 is 5.91 Å². The van der Waals surface area contributed by atoms with Gasteiger partial charge >= 0.3 is 0 Å². The fourth-order valence-corrected chi connectivity index (χ4v) is 3.32. The summed E-state index contributed by atoms with van der Waals surface area (Å²) in [6.45, 7) is 4.70. The van der Waals surface area contributed by atoms with Crippen LogP contribution in [-0.4, -0.2) is 22.5 Å². The van der Waals surface area contributed by atoms with E-state index in [1.165, 1.54) is 5.56 Å². The van der Waals surface area contributed by atoms with Gasteiger partial charge in [0.25, 0.3) is 0 Å². The summed E-state index contributed by atoms with van der Waals surface area (Å²) in [5.74, 6) is 1.05. The Kier molecular flexibility index (Phi) is 4.27. The fourth-order valence-electron chi connectivity index (χ4n) is 3.32. The Morgan fingerprint density at radius 1 is 1.32 bits per heavy atom. The van der Waals surface area contributed by atoms with E-state index in [2.05, 4.69) is 17.3 Å². The van der Waals surface area contributed by atoms with Crippen LogP contribution in [0.1, 0.15) is 47.9 Å². The molecular formula is C18H22N2O2. The minimum absolute atomic E-state index is 0.228. The van der Waals surface area contributed by atoms with E-state index in [1.54, 1.807) is 0 Å². The highest BCUT2D eigenvalue weighted by Gasteiger charge is 2.29.